The molecule has 142 valence electrons. The molecule has 0 aliphatic heterocycles. The predicted molar refractivity (Wildman–Crippen MR) is 95.0 cm³/mol. The summed E-state index contributed by atoms with van der Waals surface area (Å²) < 4.78 is 41.7. The van der Waals surface area contributed by atoms with Gasteiger partial charge in [0.25, 0.3) is 0 Å². The summed E-state index contributed by atoms with van der Waals surface area (Å²) in [5, 5.41) is 4.38. The zero-order valence-corrected chi connectivity index (χ0v) is 14.3. The lowest BCUT2D eigenvalue weighted by atomic mass is 10.2. The number of ether oxygens (including phenoxy) is 1. The number of hydrogen-bond donors (Lipinski definition) is 2. The van der Waals surface area contributed by atoms with Gasteiger partial charge in [0, 0.05) is 18.3 Å². The van der Waals surface area contributed by atoms with Gasteiger partial charge in [0.1, 0.15) is 5.75 Å². The Morgan fingerprint density at radius 3 is 2.56 bits per heavy atom. The Bertz CT molecular complexity index is 848. The minimum absolute atomic E-state index is 0.304. The molecule has 2 N–H and O–H groups in total. The van der Waals surface area contributed by atoms with Crippen LogP contribution in [0.3, 0.4) is 0 Å². The Labute approximate surface area is 153 Å². The maximum atomic E-state index is 12.2. The molecule has 5 nitrogen and oxygen atoms in total. The van der Waals surface area contributed by atoms with E-state index in [0.29, 0.717) is 17.0 Å². The van der Waals surface area contributed by atoms with Gasteiger partial charge in [0.15, 0.2) is 0 Å². The molecule has 0 unspecified atom stereocenters. The smallest absolute Gasteiger partial charge is 0.471 e. The largest absolute Gasteiger partial charge is 0.497 e. The number of carbonyl (C=O) groups excluding carboxylic acids is 2. The number of amides is 2. The van der Waals surface area contributed by atoms with Crippen LogP contribution in [0.2, 0.25) is 0 Å². The molecule has 0 bridgehead atoms. The van der Waals surface area contributed by atoms with Crippen LogP contribution in [0.4, 0.5) is 18.9 Å². The molecule has 0 atom stereocenters. The first-order valence-electron chi connectivity index (χ1n) is 7.85. The molecular formula is C19H17F3N2O3. The highest BCUT2D eigenvalue weighted by atomic mass is 19.4. The van der Waals surface area contributed by atoms with Crippen molar-refractivity contribution in [2.24, 2.45) is 0 Å². The van der Waals surface area contributed by atoms with Crippen LogP contribution in [-0.4, -0.2) is 25.1 Å². The van der Waals surface area contributed by atoms with Crippen LogP contribution in [0.5, 0.6) is 5.75 Å². The van der Waals surface area contributed by atoms with Gasteiger partial charge in [-0.05, 0) is 41.5 Å². The minimum Gasteiger partial charge on any atom is -0.497 e. The van der Waals surface area contributed by atoms with Crippen molar-refractivity contribution in [1.82, 2.24) is 5.32 Å². The summed E-state index contributed by atoms with van der Waals surface area (Å²) in [6, 6.07) is 13.3. The van der Waals surface area contributed by atoms with Gasteiger partial charge in [0.05, 0.1) is 7.11 Å². The quantitative estimate of drug-likeness (QED) is 0.756. The zero-order valence-electron chi connectivity index (χ0n) is 14.3. The number of rotatable bonds is 6. The van der Waals surface area contributed by atoms with Crippen LogP contribution in [0, 0.1) is 0 Å². The van der Waals surface area contributed by atoms with Crippen molar-refractivity contribution < 1.29 is 27.5 Å². The lowest BCUT2D eigenvalue weighted by Gasteiger charge is -2.09. The Balaban J connectivity index is 1.95. The van der Waals surface area contributed by atoms with Crippen LogP contribution in [0.1, 0.15) is 11.1 Å². The van der Waals surface area contributed by atoms with Gasteiger partial charge in [-0.1, -0.05) is 24.3 Å². The fourth-order valence-corrected chi connectivity index (χ4v) is 2.14. The topological polar surface area (TPSA) is 67.4 Å². The molecule has 2 aromatic rings. The Morgan fingerprint density at radius 2 is 1.85 bits per heavy atom. The molecule has 0 fully saturated rings. The van der Waals surface area contributed by atoms with Crippen molar-refractivity contribution in [1.29, 1.82) is 0 Å². The second kappa shape index (κ2) is 8.88. The van der Waals surface area contributed by atoms with E-state index in [2.05, 4.69) is 5.32 Å². The molecule has 2 amide bonds. The fraction of sp³-hybridized carbons (Fsp3) is 0.158. The SMILES string of the molecule is COc1cccc(/C=C/C(=O)Nc2cccc(CNC(=O)C(F)(F)F)c2)c1. The van der Waals surface area contributed by atoms with Crippen molar-refractivity contribution in [3.63, 3.8) is 0 Å². The average Bonchev–Trinajstić information content (AvgIpc) is 2.64. The molecule has 2 rings (SSSR count). The maximum absolute atomic E-state index is 12.2. The lowest BCUT2D eigenvalue weighted by molar-refractivity contribution is -0.173. The maximum Gasteiger partial charge on any atom is 0.471 e. The molecule has 0 saturated carbocycles. The third-order valence-corrected chi connectivity index (χ3v) is 3.43. The summed E-state index contributed by atoms with van der Waals surface area (Å²) in [6.07, 6.45) is -2.01. The molecule has 0 heterocycles. The number of halogens is 3. The number of anilines is 1. The van der Waals surface area contributed by atoms with E-state index in [1.54, 1.807) is 61.0 Å². The van der Waals surface area contributed by atoms with Crippen LogP contribution < -0.4 is 15.4 Å². The van der Waals surface area contributed by atoms with Crippen molar-refractivity contribution in [3.8, 4) is 5.75 Å². The second-order valence-corrected chi connectivity index (χ2v) is 5.48. The molecule has 2 aromatic carbocycles. The molecule has 27 heavy (non-hydrogen) atoms. The van der Waals surface area contributed by atoms with E-state index in [1.165, 1.54) is 12.1 Å². The fourth-order valence-electron chi connectivity index (χ4n) is 2.14. The zero-order chi connectivity index (χ0) is 19.9. The van der Waals surface area contributed by atoms with Crippen molar-refractivity contribution >= 4 is 23.6 Å². The first kappa shape index (κ1) is 20.0. The van der Waals surface area contributed by atoms with Gasteiger partial charge in [0.2, 0.25) is 5.91 Å². The van der Waals surface area contributed by atoms with E-state index < -0.39 is 18.0 Å². The predicted octanol–water partition coefficient (Wildman–Crippen LogP) is 3.53. The van der Waals surface area contributed by atoms with E-state index >= 15 is 0 Å². The molecular weight excluding hydrogens is 361 g/mol. The first-order chi connectivity index (χ1) is 12.8. The summed E-state index contributed by atoms with van der Waals surface area (Å²) in [6.45, 7) is -0.304. The molecule has 0 saturated heterocycles. The monoisotopic (exact) mass is 378 g/mol. The highest BCUT2D eigenvalue weighted by Gasteiger charge is 2.38. The number of carbonyl (C=O) groups is 2. The number of hydrogen-bond acceptors (Lipinski definition) is 3. The van der Waals surface area contributed by atoms with Gasteiger partial charge in [-0.3, -0.25) is 9.59 Å². The number of nitrogens with one attached hydrogen (secondary N) is 2. The third-order valence-electron chi connectivity index (χ3n) is 3.43. The van der Waals surface area contributed by atoms with Crippen molar-refractivity contribution in [2.75, 3.05) is 12.4 Å². The Hall–Kier alpha value is -3.29. The van der Waals surface area contributed by atoms with E-state index in [0.717, 1.165) is 5.56 Å². The summed E-state index contributed by atoms with van der Waals surface area (Å²) in [5.41, 5.74) is 1.59. The van der Waals surface area contributed by atoms with Gasteiger partial charge in [-0.2, -0.15) is 13.2 Å². The molecule has 0 radical (unpaired) electrons. The van der Waals surface area contributed by atoms with Crippen molar-refractivity contribution in [3.05, 3.63) is 65.7 Å². The standard InChI is InChI=1S/C19H17F3N2O3/c1-27-16-7-3-4-13(11-16)8-9-17(25)24-15-6-2-5-14(10-15)12-23-18(26)19(20,21)22/h2-11H,12H2,1H3,(H,23,26)(H,24,25)/b9-8+. The van der Waals surface area contributed by atoms with E-state index in [9.17, 15) is 22.8 Å². The number of methoxy groups -OCH3 is 1. The second-order valence-electron chi connectivity index (χ2n) is 5.48. The first-order valence-corrected chi connectivity index (χ1v) is 7.85. The summed E-state index contributed by atoms with van der Waals surface area (Å²) in [5.74, 6) is -1.77. The van der Waals surface area contributed by atoms with Crippen LogP contribution in [0.25, 0.3) is 6.08 Å². The van der Waals surface area contributed by atoms with Crippen LogP contribution >= 0.6 is 0 Å². The highest BCUT2D eigenvalue weighted by Crippen LogP contribution is 2.16. The molecule has 0 aliphatic rings. The Morgan fingerprint density at radius 1 is 1.11 bits per heavy atom. The summed E-state index contributed by atoms with van der Waals surface area (Å²) >= 11 is 0. The normalized spacial score (nSPS) is 11.3. The van der Waals surface area contributed by atoms with Crippen LogP contribution in [-0.2, 0) is 16.1 Å². The molecule has 0 aliphatic carbocycles. The number of alkyl halides is 3. The minimum atomic E-state index is -4.93. The van der Waals surface area contributed by atoms with Gasteiger partial charge >= 0.3 is 12.1 Å². The Kier molecular flexibility index (Phi) is 6.59. The van der Waals surface area contributed by atoms with Crippen molar-refractivity contribution in [2.45, 2.75) is 12.7 Å². The average molecular weight is 378 g/mol. The van der Waals surface area contributed by atoms with E-state index in [1.807, 2.05) is 0 Å². The van der Waals surface area contributed by atoms with Gasteiger partial charge < -0.3 is 15.4 Å². The van der Waals surface area contributed by atoms with Gasteiger partial charge in [-0.25, -0.2) is 0 Å². The number of benzene rings is 2. The highest BCUT2D eigenvalue weighted by molar-refractivity contribution is 6.02. The molecule has 0 aromatic heterocycles. The van der Waals surface area contributed by atoms with Gasteiger partial charge in [-0.15, -0.1) is 0 Å². The molecule has 8 heteroatoms. The van der Waals surface area contributed by atoms with E-state index in [-0.39, 0.29) is 6.54 Å². The van der Waals surface area contributed by atoms with E-state index in [4.69, 9.17) is 4.74 Å². The van der Waals surface area contributed by atoms with Crippen LogP contribution in [0.15, 0.2) is 54.6 Å². The third kappa shape index (κ3) is 6.50. The lowest BCUT2D eigenvalue weighted by Crippen LogP contribution is -2.36. The summed E-state index contributed by atoms with van der Waals surface area (Å²) in [7, 11) is 1.54. The summed E-state index contributed by atoms with van der Waals surface area (Å²) in [4.78, 5) is 22.8. The molecule has 0 spiro atoms.